The maximum Gasteiger partial charge on any atom is 0.252 e. The molecule has 1 aromatic rings. The summed E-state index contributed by atoms with van der Waals surface area (Å²) in [4.78, 5) is 32.1. The van der Waals surface area contributed by atoms with E-state index >= 15 is 0 Å². The lowest BCUT2D eigenvalue weighted by molar-refractivity contribution is -0.145. The molecule has 7 heteroatoms. The van der Waals surface area contributed by atoms with E-state index in [-0.39, 0.29) is 11.8 Å². The molecule has 1 aromatic heterocycles. The Balaban J connectivity index is 2.00. The second kappa shape index (κ2) is 11.1. The van der Waals surface area contributed by atoms with Crippen molar-refractivity contribution < 1.29 is 14.3 Å². The fraction of sp³-hybridized carbons (Fsp3) is 0.500. The number of hydrogen-bond acceptors (Lipinski definition) is 5. The zero-order chi connectivity index (χ0) is 21.4. The van der Waals surface area contributed by atoms with E-state index in [1.54, 1.807) is 23.2 Å². The summed E-state index contributed by atoms with van der Waals surface area (Å²) in [5.41, 5.74) is 4.98. The van der Waals surface area contributed by atoms with Gasteiger partial charge in [-0.1, -0.05) is 29.9 Å². The summed E-state index contributed by atoms with van der Waals surface area (Å²) in [7, 11) is 1.51. The van der Waals surface area contributed by atoms with Crippen molar-refractivity contribution in [3.05, 3.63) is 46.0 Å². The van der Waals surface area contributed by atoms with Gasteiger partial charge in [0, 0.05) is 20.2 Å². The van der Waals surface area contributed by atoms with Crippen molar-refractivity contribution in [1.82, 2.24) is 15.2 Å². The van der Waals surface area contributed by atoms with E-state index in [9.17, 15) is 9.59 Å². The molecule has 29 heavy (non-hydrogen) atoms. The lowest BCUT2D eigenvalue weighted by Gasteiger charge is -2.26. The van der Waals surface area contributed by atoms with Crippen LogP contribution in [0.2, 0.25) is 0 Å². The molecule has 0 spiro atoms. The maximum atomic E-state index is 12.6. The Morgan fingerprint density at radius 2 is 2.21 bits per heavy atom. The largest absolute Gasteiger partial charge is 0.372 e. The van der Waals surface area contributed by atoms with Crippen molar-refractivity contribution in [2.45, 2.75) is 52.7 Å². The Kier molecular flexibility index (Phi) is 8.79. The van der Waals surface area contributed by atoms with E-state index in [0.29, 0.717) is 19.5 Å². The lowest BCUT2D eigenvalue weighted by Crippen LogP contribution is -2.49. The molecule has 1 unspecified atom stereocenters. The summed E-state index contributed by atoms with van der Waals surface area (Å²) in [6, 6.07) is -0.415. The molecule has 1 aliphatic heterocycles. The normalized spacial score (nSPS) is 19.1. The molecule has 1 N–H and O–H groups in total. The minimum atomic E-state index is -0.532. The van der Waals surface area contributed by atoms with E-state index in [2.05, 4.69) is 16.4 Å². The minimum Gasteiger partial charge on any atom is -0.372 e. The third-order valence-corrected chi connectivity index (χ3v) is 5.96. The van der Waals surface area contributed by atoms with Gasteiger partial charge in [0.25, 0.3) is 5.91 Å². The average molecular weight is 418 g/mol. The number of rotatable bonds is 8. The zero-order valence-electron chi connectivity index (χ0n) is 17.9. The summed E-state index contributed by atoms with van der Waals surface area (Å²) in [5, 5.41) is 2.97. The fourth-order valence-electron chi connectivity index (χ4n) is 3.24. The van der Waals surface area contributed by atoms with E-state index in [0.717, 1.165) is 28.1 Å². The van der Waals surface area contributed by atoms with Crippen molar-refractivity contribution in [2.75, 3.05) is 20.2 Å². The predicted molar refractivity (Wildman–Crippen MR) is 118 cm³/mol. The van der Waals surface area contributed by atoms with Crippen molar-refractivity contribution in [3.8, 4) is 0 Å². The highest BCUT2D eigenvalue weighted by atomic mass is 32.1. The molecule has 1 fully saturated rings. The Morgan fingerprint density at radius 3 is 2.83 bits per heavy atom. The highest BCUT2D eigenvalue weighted by molar-refractivity contribution is 7.11. The van der Waals surface area contributed by atoms with Crippen LogP contribution in [0.4, 0.5) is 0 Å². The number of ether oxygens (including phenoxy) is 1. The molecule has 1 aliphatic rings. The van der Waals surface area contributed by atoms with Crippen LogP contribution in [0.25, 0.3) is 5.57 Å². The summed E-state index contributed by atoms with van der Waals surface area (Å²) in [6.07, 6.45) is 9.11. The van der Waals surface area contributed by atoms with Crippen LogP contribution in [0.5, 0.6) is 0 Å². The number of aromatic nitrogens is 1. The van der Waals surface area contributed by atoms with Gasteiger partial charge in [-0.25, -0.2) is 4.98 Å². The van der Waals surface area contributed by atoms with Crippen molar-refractivity contribution in [1.29, 1.82) is 0 Å². The lowest BCUT2D eigenvalue weighted by atomic mass is 10.1. The van der Waals surface area contributed by atoms with Gasteiger partial charge in [-0.05, 0) is 46.1 Å². The number of carbonyl (C=O) groups is 2. The number of carbonyl (C=O) groups excluding carboxylic acids is 2. The van der Waals surface area contributed by atoms with Gasteiger partial charge in [0.2, 0.25) is 5.91 Å². The first-order valence-corrected chi connectivity index (χ1v) is 10.8. The van der Waals surface area contributed by atoms with E-state index < -0.39 is 12.1 Å². The number of amides is 2. The number of methoxy groups -OCH3 is 1. The van der Waals surface area contributed by atoms with E-state index in [1.807, 2.05) is 44.5 Å². The Hall–Kier alpha value is -2.25. The third kappa shape index (κ3) is 6.11. The molecule has 0 bridgehead atoms. The topological polar surface area (TPSA) is 71.5 Å². The second-order valence-corrected chi connectivity index (χ2v) is 8.04. The number of nitrogens with one attached hydrogen (secondary N) is 1. The maximum absolute atomic E-state index is 12.6. The average Bonchev–Trinajstić information content (AvgIpc) is 3.37. The van der Waals surface area contributed by atoms with Crippen molar-refractivity contribution in [2.24, 2.45) is 0 Å². The summed E-state index contributed by atoms with van der Waals surface area (Å²) >= 11 is 1.61. The molecular formula is C22H31N3O3S. The fourth-order valence-corrected chi connectivity index (χ4v) is 4.05. The second-order valence-electron chi connectivity index (χ2n) is 7.19. The van der Waals surface area contributed by atoms with Gasteiger partial charge in [0.1, 0.15) is 12.1 Å². The quantitative estimate of drug-likeness (QED) is 0.657. The first-order valence-electron chi connectivity index (χ1n) is 9.90. The van der Waals surface area contributed by atoms with Crippen LogP contribution in [0.1, 0.15) is 44.2 Å². The zero-order valence-corrected chi connectivity index (χ0v) is 18.7. The summed E-state index contributed by atoms with van der Waals surface area (Å²) < 4.78 is 5.12. The van der Waals surface area contributed by atoms with Crippen LogP contribution in [-0.2, 0) is 14.3 Å². The molecule has 2 rings (SSSR count). The van der Waals surface area contributed by atoms with Crippen LogP contribution >= 0.6 is 11.3 Å². The molecule has 1 saturated heterocycles. The van der Waals surface area contributed by atoms with Gasteiger partial charge >= 0.3 is 0 Å². The molecule has 158 valence electrons. The summed E-state index contributed by atoms with van der Waals surface area (Å²) in [5.74, 6) is -0.237. The first-order chi connectivity index (χ1) is 13.9. The van der Waals surface area contributed by atoms with E-state index in [1.165, 1.54) is 7.11 Å². The van der Waals surface area contributed by atoms with E-state index in [4.69, 9.17) is 4.74 Å². The number of hydrogen-bond donors (Lipinski definition) is 1. The van der Waals surface area contributed by atoms with Gasteiger partial charge in [-0.2, -0.15) is 0 Å². The molecule has 2 atom stereocenters. The predicted octanol–water partition coefficient (Wildman–Crippen LogP) is 3.50. The molecule has 2 amide bonds. The highest BCUT2D eigenvalue weighted by Gasteiger charge is 2.35. The number of aryl methyl sites for hydroxylation is 1. The van der Waals surface area contributed by atoms with Crippen LogP contribution < -0.4 is 5.32 Å². The van der Waals surface area contributed by atoms with Gasteiger partial charge in [0.15, 0.2) is 0 Å². The van der Waals surface area contributed by atoms with Crippen LogP contribution in [-0.4, -0.2) is 54.0 Å². The highest BCUT2D eigenvalue weighted by Crippen LogP contribution is 2.24. The first kappa shape index (κ1) is 23.0. The third-order valence-electron chi connectivity index (χ3n) is 4.98. The Labute approximate surface area is 177 Å². The van der Waals surface area contributed by atoms with Crippen LogP contribution in [0.15, 0.2) is 35.4 Å². The van der Waals surface area contributed by atoms with Crippen molar-refractivity contribution >= 4 is 28.7 Å². The van der Waals surface area contributed by atoms with Gasteiger partial charge in [-0.15, -0.1) is 11.3 Å². The number of thiazole rings is 1. The monoisotopic (exact) mass is 417 g/mol. The molecule has 0 radical (unpaired) electrons. The van der Waals surface area contributed by atoms with Crippen LogP contribution in [0.3, 0.4) is 0 Å². The number of nitrogens with zero attached hydrogens (tertiary/aromatic N) is 2. The SMILES string of the molecule is C\C=C/C(=C\C=C(/C)CNC(=O)C1CCCN1C(=O)[C@H](C)OC)c1scnc1C. The Morgan fingerprint density at radius 1 is 1.45 bits per heavy atom. The molecule has 6 nitrogen and oxygen atoms in total. The molecule has 0 aliphatic carbocycles. The molecule has 0 saturated carbocycles. The van der Waals surface area contributed by atoms with Crippen molar-refractivity contribution in [3.63, 3.8) is 0 Å². The molecule has 2 heterocycles. The molecule has 0 aromatic carbocycles. The van der Waals surface area contributed by atoms with Gasteiger partial charge < -0.3 is 15.0 Å². The smallest absolute Gasteiger partial charge is 0.252 e. The van der Waals surface area contributed by atoms with Gasteiger partial charge in [0.05, 0.1) is 16.1 Å². The summed E-state index contributed by atoms with van der Waals surface area (Å²) in [6.45, 7) is 8.72. The van der Waals surface area contributed by atoms with Gasteiger partial charge in [-0.3, -0.25) is 9.59 Å². The molecular weight excluding hydrogens is 386 g/mol. The van der Waals surface area contributed by atoms with Crippen LogP contribution in [0, 0.1) is 6.92 Å². The standard InChI is InChI=1S/C22H31N3O3S/c1-6-8-18(20-16(3)24-14-29-20)11-10-15(2)13-23-21(26)19-9-7-12-25(19)22(27)17(4)28-5/h6,8,10-11,14,17,19H,7,9,12-13H2,1-5H3,(H,23,26)/b8-6-,15-10+,18-11+/t17-,19?/m0/s1. The number of likely N-dealkylation sites (tertiary alicyclic amines) is 1. The number of allylic oxidation sites excluding steroid dienone is 5. The Bertz CT molecular complexity index is 810. The minimum absolute atomic E-state index is 0.108.